The molecule has 2 aliphatic heterocycles. The highest BCUT2D eigenvalue weighted by molar-refractivity contribution is 7.89. The van der Waals surface area contributed by atoms with E-state index in [-0.39, 0.29) is 36.5 Å². The van der Waals surface area contributed by atoms with Gasteiger partial charge in [0.05, 0.1) is 9.79 Å². The average Bonchev–Trinajstić information content (AvgIpc) is 2.77. The van der Waals surface area contributed by atoms with Crippen molar-refractivity contribution in [2.45, 2.75) is 49.8 Å². The lowest BCUT2D eigenvalue weighted by atomic mass is 9.85. The molecule has 0 bridgehead atoms. The fourth-order valence-corrected chi connectivity index (χ4v) is 7.67. The summed E-state index contributed by atoms with van der Waals surface area (Å²) < 4.78 is 67.1. The number of hydrogen-bond acceptors (Lipinski definition) is 6. The third-order valence-electron chi connectivity index (χ3n) is 6.27. The molecule has 2 aromatic rings. The van der Waals surface area contributed by atoms with E-state index in [0.717, 1.165) is 5.56 Å². The van der Waals surface area contributed by atoms with Crippen molar-refractivity contribution in [1.82, 2.24) is 8.61 Å². The summed E-state index contributed by atoms with van der Waals surface area (Å²) in [6, 6.07) is 8.42. The van der Waals surface area contributed by atoms with Crippen LogP contribution in [0.5, 0.6) is 11.5 Å². The Morgan fingerprint density at radius 2 is 1.24 bits per heavy atom. The van der Waals surface area contributed by atoms with Gasteiger partial charge in [0.25, 0.3) is 0 Å². The first-order valence-corrected chi connectivity index (χ1v) is 14.2. The van der Waals surface area contributed by atoms with Crippen molar-refractivity contribution in [3.8, 4) is 11.5 Å². The van der Waals surface area contributed by atoms with Gasteiger partial charge in [-0.2, -0.15) is 8.61 Å². The summed E-state index contributed by atoms with van der Waals surface area (Å²) in [4.78, 5) is 0.418. The van der Waals surface area contributed by atoms with Crippen LogP contribution in [-0.2, 0) is 25.5 Å². The fourth-order valence-electron chi connectivity index (χ4n) is 4.40. The molecule has 0 unspecified atom stereocenters. The van der Waals surface area contributed by atoms with Gasteiger partial charge in [-0.1, -0.05) is 32.9 Å². The summed E-state index contributed by atoms with van der Waals surface area (Å²) in [5.41, 5.74) is 2.40. The smallest absolute Gasteiger partial charge is 0.243 e. The largest absolute Gasteiger partial charge is 0.486 e. The molecular formula is C24H32N2O6S2. The lowest BCUT2D eigenvalue weighted by molar-refractivity contribution is 0.171. The highest BCUT2D eigenvalue weighted by Crippen LogP contribution is 2.34. The van der Waals surface area contributed by atoms with Crippen LogP contribution in [0.3, 0.4) is 0 Å². The zero-order chi connectivity index (χ0) is 24.9. The third-order valence-corrected chi connectivity index (χ3v) is 10.4. The van der Waals surface area contributed by atoms with Crippen LogP contribution in [0, 0.1) is 13.8 Å². The summed E-state index contributed by atoms with van der Waals surface area (Å²) in [6.45, 7) is 11.0. The quantitative estimate of drug-likeness (QED) is 0.630. The molecule has 0 aliphatic carbocycles. The summed E-state index contributed by atoms with van der Waals surface area (Å²) in [5.74, 6) is 0.919. The van der Waals surface area contributed by atoms with E-state index in [1.807, 2.05) is 26.0 Å². The molecule has 2 aromatic carbocycles. The van der Waals surface area contributed by atoms with Crippen LogP contribution in [0.1, 0.15) is 37.5 Å². The van der Waals surface area contributed by atoms with E-state index in [4.69, 9.17) is 9.47 Å². The van der Waals surface area contributed by atoms with Crippen molar-refractivity contribution in [2.75, 3.05) is 39.4 Å². The molecule has 8 nitrogen and oxygen atoms in total. The van der Waals surface area contributed by atoms with Gasteiger partial charge in [-0.3, -0.25) is 0 Å². The number of benzene rings is 2. The third kappa shape index (κ3) is 4.56. The second-order valence-corrected chi connectivity index (χ2v) is 13.6. The van der Waals surface area contributed by atoms with E-state index in [1.165, 1.54) is 20.7 Å². The molecule has 0 N–H and O–H groups in total. The Labute approximate surface area is 202 Å². The second-order valence-electron chi connectivity index (χ2n) is 9.80. The minimum Gasteiger partial charge on any atom is -0.486 e. The molecule has 0 aromatic heterocycles. The Bertz CT molecular complexity index is 1280. The van der Waals surface area contributed by atoms with Crippen LogP contribution in [0.15, 0.2) is 40.1 Å². The first-order valence-electron chi connectivity index (χ1n) is 11.3. The number of fused-ring (bicyclic) bond motifs is 1. The Balaban J connectivity index is 1.53. The van der Waals surface area contributed by atoms with Crippen LogP contribution in [0.2, 0.25) is 0 Å². The molecule has 0 saturated carbocycles. The lowest BCUT2D eigenvalue weighted by Crippen LogP contribution is -2.50. The average molecular weight is 509 g/mol. The summed E-state index contributed by atoms with van der Waals surface area (Å²) in [7, 11) is -7.55. The Morgan fingerprint density at radius 1 is 0.735 bits per heavy atom. The van der Waals surface area contributed by atoms with E-state index in [0.29, 0.717) is 40.7 Å². The van der Waals surface area contributed by atoms with Crippen molar-refractivity contribution >= 4 is 20.0 Å². The van der Waals surface area contributed by atoms with E-state index < -0.39 is 20.0 Å². The van der Waals surface area contributed by atoms with E-state index >= 15 is 0 Å². The maximum absolute atomic E-state index is 13.5. The first kappa shape index (κ1) is 25.0. The Hall–Kier alpha value is -2.14. The summed E-state index contributed by atoms with van der Waals surface area (Å²) >= 11 is 0. The fraction of sp³-hybridized carbons (Fsp3) is 0.500. The molecule has 0 amide bonds. The topological polar surface area (TPSA) is 93.2 Å². The van der Waals surface area contributed by atoms with Crippen molar-refractivity contribution in [1.29, 1.82) is 0 Å². The number of aryl methyl sites for hydroxylation is 2. The van der Waals surface area contributed by atoms with Gasteiger partial charge in [-0.25, -0.2) is 16.8 Å². The number of sulfonamides is 2. The van der Waals surface area contributed by atoms with Gasteiger partial charge in [-0.05, 0) is 48.1 Å². The summed E-state index contributed by atoms with van der Waals surface area (Å²) in [5, 5.41) is 0. The molecule has 1 saturated heterocycles. The monoisotopic (exact) mass is 508 g/mol. The first-order chi connectivity index (χ1) is 15.8. The summed E-state index contributed by atoms with van der Waals surface area (Å²) in [6.07, 6.45) is 0. The van der Waals surface area contributed by atoms with Crippen LogP contribution in [0.25, 0.3) is 0 Å². The van der Waals surface area contributed by atoms with Crippen molar-refractivity contribution in [2.24, 2.45) is 0 Å². The maximum Gasteiger partial charge on any atom is 0.243 e. The van der Waals surface area contributed by atoms with Gasteiger partial charge >= 0.3 is 0 Å². The predicted molar refractivity (Wildman–Crippen MR) is 130 cm³/mol. The normalized spacial score (nSPS) is 18.1. The van der Waals surface area contributed by atoms with Crippen LogP contribution < -0.4 is 9.47 Å². The molecule has 2 heterocycles. The number of piperazine rings is 1. The molecule has 10 heteroatoms. The van der Waals surface area contributed by atoms with Gasteiger partial charge in [0.15, 0.2) is 11.5 Å². The van der Waals surface area contributed by atoms with Crippen molar-refractivity contribution in [3.63, 3.8) is 0 Å². The van der Waals surface area contributed by atoms with Crippen molar-refractivity contribution in [3.05, 3.63) is 47.0 Å². The predicted octanol–water partition coefficient (Wildman–Crippen LogP) is 3.07. The maximum atomic E-state index is 13.5. The number of rotatable bonds is 4. The molecule has 0 spiro atoms. The van der Waals surface area contributed by atoms with Crippen LogP contribution in [-0.4, -0.2) is 64.8 Å². The molecule has 4 rings (SSSR count). The molecule has 0 radical (unpaired) electrons. The van der Waals surface area contributed by atoms with Crippen LogP contribution >= 0.6 is 0 Å². The zero-order valence-corrected chi connectivity index (χ0v) is 21.9. The molecule has 1 fully saturated rings. The highest BCUT2D eigenvalue weighted by Gasteiger charge is 2.36. The van der Waals surface area contributed by atoms with Crippen LogP contribution in [0.4, 0.5) is 0 Å². The van der Waals surface area contributed by atoms with Gasteiger partial charge in [0.2, 0.25) is 20.0 Å². The SMILES string of the molecule is Cc1cc(C(C)(C)C)cc(C)c1S(=O)(=O)N1CCN(S(=O)(=O)c2ccc3c(c2)OCCO3)CC1. The Morgan fingerprint density at radius 3 is 1.76 bits per heavy atom. The number of ether oxygens (including phenoxy) is 2. The standard InChI is InChI=1S/C24H32N2O6S2/c1-17-14-19(24(3,4)5)15-18(2)23(17)34(29,30)26-10-8-25(9-11-26)33(27,28)20-6-7-21-22(16-20)32-13-12-31-21/h6-7,14-16H,8-13H2,1-5H3. The number of nitrogens with zero attached hydrogens (tertiary/aromatic N) is 2. The highest BCUT2D eigenvalue weighted by atomic mass is 32.2. The molecule has 2 aliphatic rings. The van der Waals surface area contributed by atoms with Crippen molar-refractivity contribution < 1.29 is 26.3 Å². The lowest BCUT2D eigenvalue weighted by Gasteiger charge is -2.34. The molecule has 34 heavy (non-hydrogen) atoms. The Kier molecular flexibility index (Phi) is 6.48. The molecule has 0 atom stereocenters. The van der Waals surface area contributed by atoms with Gasteiger partial charge < -0.3 is 9.47 Å². The zero-order valence-electron chi connectivity index (χ0n) is 20.3. The van der Waals surface area contributed by atoms with E-state index in [9.17, 15) is 16.8 Å². The molecular weight excluding hydrogens is 476 g/mol. The van der Waals surface area contributed by atoms with E-state index in [1.54, 1.807) is 6.07 Å². The molecule has 186 valence electrons. The van der Waals surface area contributed by atoms with Gasteiger partial charge in [0, 0.05) is 32.2 Å². The van der Waals surface area contributed by atoms with E-state index in [2.05, 4.69) is 20.8 Å². The second kappa shape index (κ2) is 8.82. The van der Waals surface area contributed by atoms with Gasteiger partial charge in [0.1, 0.15) is 13.2 Å². The minimum atomic E-state index is -3.79. The van der Waals surface area contributed by atoms with Gasteiger partial charge in [-0.15, -0.1) is 0 Å². The number of hydrogen-bond donors (Lipinski definition) is 0. The minimum absolute atomic E-state index is 0.0776.